The van der Waals surface area contributed by atoms with Gasteiger partial charge in [0.15, 0.2) is 0 Å². The topological polar surface area (TPSA) is 64.1 Å². The van der Waals surface area contributed by atoms with E-state index >= 15 is 0 Å². The summed E-state index contributed by atoms with van der Waals surface area (Å²) >= 11 is 0. The second-order valence-electron chi connectivity index (χ2n) is 5.46. The van der Waals surface area contributed by atoms with Crippen LogP contribution in [0, 0.1) is 0 Å². The summed E-state index contributed by atoms with van der Waals surface area (Å²) in [5.74, 6) is -0.124. The van der Waals surface area contributed by atoms with Crippen LogP contribution in [0.25, 0.3) is 0 Å². The fraction of sp³-hybridized carbons (Fsp3) is 0.467. The SMILES string of the molecule is O=C1CN(CCCO)CC(=O)N2Cc3ccccc3CN12. The van der Waals surface area contributed by atoms with Crippen molar-refractivity contribution in [2.24, 2.45) is 0 Å². The minimum atomic E-state index is -0.0618. The predicted octanol–water partition coefficient (Wildman–Crippen LogP) is -0.0296. The van der Waals surface area contributed by atoms with Gasteiger partial charge in [0, 0.05) is 13.2 Å². The van der Waals surface area contributed by atoms with Crippen LogP contribution in [0.4, 0.5) is 0 Å². The van der Waals surface area contributed by atoms with Crippen molar-refractivity contribution in [3.8, 4) is 0 Å². The maximum atomic E-state index is 12.4. The first-order chi connectivity index (χ1) is 10.2. The van der Waals surface area contributed by atoms with Gasteiger partial charge in [0.05, 0.1) is 26.2 Å². The number of carbonyl (C=O) groups is 2. The van der Waals surface area contributed by atoms with Gasteiger partial charge in [-0.3, -0.25) is 14.5 Å². The summed E-state index contributed by atoms with van der Waals surface area (Å²) in [6.07, 6.45) is 0.570. The molecule has 6 nitrogen and oxygen atoms in total. The zero-order valence-electron chi connectivity index (χ0n) is 11.9. The molecule has 1 aromatic carbocycles. The summed E-state index contributed by atoms with van der Waals surface area (Å²) in [5, 5.41) is 12.0. The Morgan fingerprint density at radius 2 is 1.43 bits per heavy atom. The molecule has 1 aromatic rings. The first-order valence-electron chi connectivity index (χ1n) is 7.19. The van der Waals surface area contributed by atoms with E-state index < -0.39 is 0 Å². The van der Waals surface area contributed by atoms with Crippen molar-refractivity contribution in [3.63, 3.8) is 0 Å². The summed E-state index contributed by atoms with van der Waals surface area (Å²) in [6, 6.07) is 7.90. The molecular weight excluding hydrogens is 270 g/mol. The number of benzene rings is 1. The average Bonchev–Trinajstić information content (AvgIpc) is 2.61. The number of hydrazine groups is 1. The molecule has 0 saturated carbocycles. The highest BCUT2D eigenvalue weighted by atomic mass is 16.3. The van der Waals surface area contributed by atoms with E-state index in [4.69, 9.17) is 5.11 Å². The Morgan fingerprint density at radius 3 is 1.90 bits per heavy atom. The van der Waals surface area contributed by atoms with Gasteiger partial charge in [0.2, 0.25) is 0 Å². The smallest absolute Gasteiger partial charge is 0.255 e. The highest BCUT2D eigenvalue weighted by molar-refractivity contribution is 5.87. The number of rotatable bonds is 3. The largest absolute Gasteiger partial charge is 0.396 e. The van der Waals surface area contributed by atoms with Crippen molar-refractivity contribution >= 4 is 11.8 Å². The number of amides is 2. The van der Waals surface area contributed by atoms with Crippen LogP contribution in [0.1, 0.15) is 17.5 Å². The molecule has 1 fully saturated rings. The molecule has 2 amide bonds. The Bertz CT molecular complexity index is 516. The monoisotopic (exact) mass is 289 g/mol. The van der Waals surface area contributed by atoms with Gasteiger partial charge in [-0.05, 0) is 17.5 Å². The number of fused-ring (bicyclic) bond motifs is 2. The number of nitrogens with zero attached hydrogens (tertiary/aromatic N) is 3. The first-order valence-corrected chi connectivity index (χ1v) is 7.19. The Balaban J connectivity index is 1.82. The van der Waals surface area contributed by atoms with E-state index in [1.54, 1.807) is 10.0 Å². The molecule has 2 aliphatic heterocycles. The van der Waals surface area contributed by atoms with Crippen LogP contribution in [0.2, 0.25) is 0 Å². The molecule has 0 atom stereocenters. The van der Waals surface area contributed by atoms with Crippen molar-refractivity contribution in [1.82, 2.24) is 14.9 Å². The molecular formula is C15H19N3O3. The molecule has 21 heavy (non-hydrogen) atoms. The number of aliphatic hydroxyl groups excluding tert-OH is 1. The van der Waals surface area contributed by atoms with E-state index in [0.717, 1.165) is 11.1 Å². The average molecular weight is 289 g/mol. The molecule has 2 heterocycles. The van der Waals surface area contributed by atoms with Crippen molar-refractivity contribution in [3.05, 3.63) is 35.4 Å². The molecule has 0 aliphatic carbocycles. The van der Waals surface area contributed by atoms with Gasteiger partial charge in [0.25, 0.3) is 11.8 Å². The molecule has 3 rings (SSSR count). The minimum Gasteiger partial charge on any atom is -0.396 e. The molecule has 0 bridgehead atoms. The third kappa shape index (κ3) is 2.77. The van der Waals surface area contributed by atoms with Crippen LogP contribution in [-0.4, -0.2) is 58.1 Å². The summed E-state index contributed by atoms with van der Waals surface area (Å²) in [7, 11) is 0. The van der Waals surface area contributed by atoms with Crippen LogP contribution < -0.4 is 0 Å². The van der Waals surface area contributed by atoms with E-state index in [2.05, 4.69) is 0 Å². The van der Waals surface area contributed by atoms with Gasteiger partial charge in [-0.1, -0.05) is 24.3 Å². The molecule has 6 heteroatoms. The fourth-order valence-corrected chi connectivity index (χ4v) is 2.86. The maximum Gasteiger partial charge on any atom is 0.255 e. The quantitative estimate of drug-likeness (QED) is 0.849. The Morgan fingerprint density at radius 1 is 0.905 bits per heavy atom. The zero-order valence-corrected chi connectivity index (χ0v) is 11.9. The van der Waals surface area contributed by atoms with E-state index in [0.29, 0.717) is 26.1 Å². The lowest BCUT2D eigenvalue weighted by Gasteiger charge is -2.37. The molecule has 1 N–H and O–H groups in total. The van der Waals surface area contributed by atoms with Crippen molar-refractivity contribution in [2.75, 3.05) is 26.2 Å². The fourth-order valence-electron chi connectivity index (χ4n) is 2.86. The first kappa shape index (κ1) is 14.0. The lowest BCUT2D eigenvalue weighted by molar-refractivity contribution is -0.164. The second kappa shape index (κ2) is 5.83. The van der Waals surface area contributed by atoms with E-state index in [9.17, 15) is 9.59 Å². The van der Waals surface area contributed by atoms with Gasteiger partial charge in [-0.25, -0.2) is 10.0 Å². The van der Waals surface area contributed by atoms with Gasteiger partial charge >= 0.3 is 0 Å². The summed E-state index contributed by atoms with van der Waals surface area (Å²) < 4.78 is 0. The lowest BCUT2D eigenvalue weighted by atomic mass is 10.1. The van der Waals surface area contributed by atoms with E-state index in [-0.39, 0.29) is 31.5 Å². The molecule has 0 spiro atoms. The van der Waals surface area contributed by atoms with Crippen LogP contribution >= 0.6 is 0 Å². The number of carbonyl (C=O) groups excluding carboxylic acids is 2. The second-order valence-corrected chi connectivity index (χ2v) is 5.46. The lowest BCUT2D eigenvalue weighted by Crippen LogP contribution is -2.50. The van der Waals surface area contributed by atoms with Gasteiger partial charge in [0.1, 0.15) is 0 Å². The van der Waals surface area contributed by atoms with Gasteiger partial charge < -0.3 is 5.11 Å². The van der Waals surface area contributed by atoms with E-state index in [1.165, 1.54) is 0 Å². The highest BCUT2D eigenvalue weighted by Crippen LogP contribution is 2.24. The van der Waals surface area contributed by atoms with Crippen molar-refractivity contribution in [1.29, 1.82) is 0 Å². The van der Waals surface area contributed by atoms with E-state index in [1.807, 2.05) is 29.2 Å². The highest BCUT2D eigenvalue weighted by Gasteiger charge is 2.35. The molecule has 0 unspecified atom stereocenters. The Labute approximate surface area is 123 Å². The Hall–Kier alpha value is -1.92. The maximum absolute atomic E-state index is 12.4. The van der Waals surface area contributed by atoms with Crippen LogP contribution in [-0.2, 0) is 22.7 Å². The molecule has 0 radical (unpaired) electrons. The van der Waals surface area contributed by atoms with Crippen LogP contribution in [0.15, 0.2) is 24.3 Å². The summed E-state index contributed by atoms with van der Waals surface area (Å²) in [5.41, 5.74) is 2.19. The molecule has 1 saturated heterocycles. The van der Waals surface area contributed by atoms with Crippen molar-refractivity contribution in [2.45, 2.75) is 19.5 Å². The zero-order chi connectivity index (χ0) is 14.8. The van der Waals surface area contributed by atoms with Crippen molar-refractivity contribution < 1.29 is 14.7 Å². The third-order valence-corrected chi connectivity index (χ3v) is 3.98. The minimum absolute atomic E-state index is 0.0618. The number of aliphatic hydroxyl groups is 1. The van der Waals surface area contributed by atoms with Crippen LogP contribution in [0.3, 0.4) is 0 Å². The predicted molar refractivity (Wildman–Crippen MR) is 75.7 cm³/mol. The van der Waals surface area contributed by atoms with Gasteiger partial charge in [-0.15, -0.1) is 0 Å². The molecule has 112 valence electrons. The third-order valence-electron chi connectivity index (χ3n) is 3.98. The Kier molecular flexibility index (Phi) is 3.90. The standard InChI is InChI=1S/C15H19N3O3/c19-7-3-6-16-10-14(20)17-8-12-4-1-2-5-13(12)9-18(17)15(21)11-16/h1-2,4-5,19H,3,6-11H2. The molecule has 2 aliphatic rings. The summed E-state index contributed by atoms with van der Waals surface area (Å²) in [4.78, 5) is 26.6. The number of hydrogen-bond acceptors (Lipinski definition) is 4. The summed E-state index contributed by atoms with van der Waals surface area (Å²) in [6.45, 7) is 1.98. The normalized spacial score (nSPS) is 19.3. The van der Waals surface area contributed by atoms with Gasteiger partial charge in [-0.2, -0.15) is 0 Å². The molecule has 0 aromatic heterocycles. The van der Waals surface area contributed by atoms with Crippen LogP contribution in [0.5, 0.6) is 0 Å². The number of hydrogen-bond donors (Lipinski definition) is 1.